The zero-order chi connectivity index (χ0) is 21.0. The summed E-state index contributed by atoms with van der Waals surface area (Å²) in [5, 5.41) is 0. The number of benzene rings is 1. The van der Waals surface area contributed by atoms with Crippen LogP contribution in [-0.2, 0) is 25.5 Å². The smallest absolute Gasteiger partial charge is 0.320 e. The quantitative estimate of drug-likeness (QED) is 0.202. The molecule has 0 saturated heterocycles. The van der Waals surface area contributed by atoms with Gasteiger partial charge in [-0.1, -0.05) is 44.2 Å². The lowest BCUT2D eigenvalue weighted by Gasteiger charge is -2.19. The van der Waals surface area contributed by atoms with Crippen LogP contribution in [0.4, 0.5) is 0 Å². The molecule has 0 spiro atoms. The Hall–Kier alpha value is -1.82. The van der Waals surface area contributed by atoms with E-state index in [1.807, 2.05) is 24.3 Å². The Kier molecular flexibility index (Phi) is 10.9. The van der Waals surface area contributed by atoms with Gasteiger partial charge in [0.15, 0.2) is 5.92 Å². The molecule has 1 aromatic rings. The van der Waals surface area contributed by atoms with Crippen LogP contribution < -0.4 is 4.74 Å². The number of hydrogen-bond donors (Lipinski definition) is 0. The van der Waals surface area contributed by atoms with Gasteiger partial charge in [-0.25, -0.2) is 0 Å². The molecule has 0 heterocycles. The Morgan fingerprint density at radius 2 is 1.54 bits per heavy atom. The van der Waals surface area contributed by atoms with Crippen molar-refractivity contribution in [3.8, 4) is 5.75 Å². The van der Waals surface area contributed by atoms with Gasteiger partial charge in [-0.3, -0.25) is 9.59 Å². The Bertz CT molecular complexity index is 579. The lowest BCUT2D eigenvalue weighted by atomic mass is 9.99. The van der Waals surface area contributed by atoms with E-state index < -0.39 is 25.9 Å². The number of aryl methyl sites for hydroxylation is 1. The molecule has 0 unspecified atom stereocenters. The predicted molar refractivity (Wildman–Crippen MR) is 114 cm³/mol. The number of rotatable bonds is 13. The van der Waals surface area contributed by atoms with Crippen LogP contribution in [0.15, 0.2) is 24.3 Å². The van der Waals surface area contributed by atoms with Crippen molar-refractivity contribution in [3.05, 3.63) is 29.8 Å². The maximum atomic E-state index is 12.0. The van der Waals surface area contributed by atoms with Gasteiger partial charge in [-0.05, 0) is 50.8 Å². The van der Waals surface area contributed by atoms with Gasteiger partial charge in [0.25, 0.3) is 0 Å². The molecule has 0 aliphatic heterocycles. The second-order valence-corrected chi connectivity index (χ2v) is 13.2. The van der Waals surface area contributed by atoms with E-state index in [0.29, 0.717) is 12.8 Å². The van der Waals surface area contributed by atoms with Crippen molar-refractivity contribution < 1.29 is 23.8 Å². The fraction of sp³-hybridized carbons (Fsp3) is 0.636. The van der Waals surface area contributed by atoms with Gasteiger partial charge in [-0.2, -0.15) is 0 Å². The van der Waals surface area contributed by atoms with Crippen molar-refractivity contribution in [3.63, 3.8) is 0 Å². The first-order valence-electron chi connectivity index (χ1n) is 10.4. The first kappa shape index (κ1) is 24.2. The highest BCUT2D eigenvalue weighted by Gasteiger charge is 2.29. The van der Waals surface area contributed by atoms with Crippen LogP contribution >= 0.6 is 0 Å². The third-order valence-corrected chi connectivity index (χ3v) is 8.63. The van der Waals surface area contributed by atoms with Crippen LogP contribution in [-0.4, -0.2) is 39.8 Å². The second kappa shape index (κ2) is 12.6. The molecule has 6 heteroatoms. The number of carbonyl (C=O) groups is 2. The zero-order valence-corrected chi connectivity index (χ0v) is 19.1. The van der Waals surface area contributed by atoms with Crippen molar-refractivity contribution in [2.24, 2.45) is 5.92 Å². The molecule has 1 aromatic carbocycles. The third-order valence-electron chi connectivity index (χ3n) is 5.01. The SMILES string of the molecule is CCOC(=O)C(CCc1ccc(OCCC[Si](C)(C)CC)cc1)C(=O)OCC. The van der Waals surface area contributed by atoms with Crippen molar-refractivity contribution in [1.29, 1.82) is 0 Å². The minimum atomic E-state index is -1.03. The molecule has 0 N–H and O–H groups in total. The molecular formula is C22H36O5Si. The summed E-state index contributed by atoms with van der Waals surface area (Å²) in [5.41, 5.74) is 1.05. The van der Waals surface area contributed by atoms with Crippen molar-refractivity contribution >= 4 is 20.0 Å². The minimum Gasteiger partial charge on any atom is -0.494 e. The molecule has 0 aliphatic rings. The molecule has 0 aromatic heterocycles. The van der Waals surface area contributed by atoms with E-state index in [2.05, 4.69) is 20.0 Å². The highest BCUT2D eigenvalue weighted by molar-refractivity contribution is 6.77. The van der Waals surface area contributed by atoms with Crippen molar-refractivity contribution in [2.45, 2.75) is 65.2 Å². The maximum Gasteiger partial charge on any atom is 0.320 e. The van der Waals surface area contributed by atoms with Crippen LogP contribution in [0.1, 0.15) is 39.2 Å². The number of ether oxygens (including phenoxy) is 3. The summed E-state index contributed by atoms with van der Waals surface area (Å²) in [4.78, 5) is 24.1. The summed E-state index contributed by atoms with van der Waals surface area (Å²) >= 11 is 0. The Labute approximate surface area is 170 Å². The van der Waals surface area contributed by atoms with E-state index in [-0.39, 0.29) is 13.2 Å². The molecule has 0 aliphatic carbocycles. The topological polar surface area (TPSA) is 61.8 Å². The number of hydrogen-bond acceptors (Lipinski definition) is 5. The van der Waals surface area contributed by atoms with Crippen LogP contribution in [0.25, 0.3) is 0 Å². The highest BCUT2D eigenvalue weighted by Crippen LogP contribution is 2.19. The summed E-state index contributed by atoms with van der Waals surface area (Å²) < 4.78 is 15.9. The van der Waals surface area contributed by atoms with E-state index >= 15 is 0 Å². The van der Waals surface area contributed by atoms with Crippen LogP contribution in [0.3, 0.4) is 0 Å². The van der Waals surface area contributed by atoms with Gasteiger partial charge in [0.05, 0.1) is 19.8 Å². The zero-order valence-electron chi connectivity index (χ0n) is 18.1. The molecule has 28 heavy (non-hydrogen) atoms. The largest absolute Gasteiger partial charge is 0.494 e. The average Bonchev–Trinajstić information content (AvgIpc) is 2.67. The Balaban J connectivity index is 2.51. The molecule has 158 valence electrons. The highest BCUT2D eigenvalue weighted by atomic mass is 28.3. The molecule has 5 nitrogen and oxygen atoms in total. The van der Waals surface area contributed by atoms with E-state index in [1.54, 1.807) is 13.8 Å². The number of carbonyl (C=O) groups excluding carboxylic acids is 2. The molecule has 0 amide bonds. The van der Waals surface area contributed by atoms with Crippen LogP contribution in [0.2, 0.25) is 25.2 Å². The summed E-state index contributed by atoms with van der Waals surface area (Å²) in [5.74, 6) is -1.05. The van der Waals surface area contributed by atoms with Gasteiger partial charge in [-0.15, -0.1) is 0 Å². The first-order valence-corrected chi connectivity index (χ1v) is 13.8. The molecule has 0 saturated carbocycles. The Morgan fingerprint density at radius 1 is 0.964 bits per heavy atom. The summed E-state index contributed by atoms with van der Waals surface area (Å²) in [6, 6.07) is 10.4. The van der Waals surface area contributed by atoms with Gasteiger partial charge in [0.1, 0.15) is 5.75 Å². The van der Waals surface area contributed by atoms with Gasteiger partial charge in [0, 0.05) is 8.07 Å². The van der Waals surface area contributed by atoms with Crippen LogP contribution in [0.5, 0.6) is 5.75 Å². The van der Waals surface area contributed by atoms with E-state index in [0.717, 1.165) is 24.3 Å². The second-order valence-electron chi connectivity index (χ2n) is 7.71. The monoisotopic (exact) mass is 408 g/mol. The van der Waals surface area contributed by atoms with Gasteiger partial charge < -0.3 is 14.2 Å². The fourth-order valence-electron chi connectivity index (χ4n) is 2.80. The molecule has 1 rings (SSSR count). The fourth-order valence-corrected chi connectivity index (χ4v) is 4.25. The third kappa shape index (κ3) is 8.91. The Morgan fingerprint density at radius 3 is 2.04 bits per heavy atom. The molecule has 0 radical (unpaired) electrons. The van der Waals surface area contributed by atoms with E-state index in [4.69, 9.17) is 14.2 Å². The lowest BCUT2D eigenvalue weighted by molar-refractivity contribution is -0.161. The molecule has 0 fully saturated rings. The normalized spacial score (nSPS) is 11.4. The average molecular weight is 409 g/mol. The summed E-state index contributed by atoms with van der Waals surface area (Å²) in [6.07, 6.45) is 2.06. The molecule has 0 atom stereocenters. The van der Waals surface area contributed by atoms with Crippen LogP contribution in [0, 0.1) is 5.92 Å². The van der Waals surface area contributed by atoms with Gasteiger partial charge in [0.2, 0.25) is 0 Å². The number of esters is 2. The molecular weight excluding hydrogens is 372 g/mol. The minimum absolute atomic E-state index is 0.249. The van der Waals surface area contributed by atoms with E-state index in [9.17, 15) is 9.59 Å². The predicted octanol–water partition coefficient (Wildman–Crippen LogP) is 4.86. The summed E-state index contributed by atoms with van der Waals surface area (Å²) in [6.45, 7) is 11.8. The van der Waals surface area contributed by atoms with Gasteiger partial charge >= 0.3 is 11.9 Å². The standard InChI is InChI=1S/C22H36O5Si/c1-6-25-21(23)20(22(24)26-7-2)15-12-18-10-13-19(14-11-18)27-16-9-17-28(4,5)8-3/h10-11,13-14,20H,6-9,12,15-17H2,1-5H3. The van der Waals surface area contributed by atoms with Crippen molar-refractivity contribution in [1.82, 2.24) is 0 Å². The maximum absolute atomic E-state index is 12.0. The lowest BCUT2D eigenvalue weighted by Crippen LogP contribution is -2.28. The summed E-state index contributed by atoms with van der Waals surface area (Å²) in [7, 11) is -1.03. The van der Waals surface area contributed by atoms with Crippen molar-refractivity contribution in [2.75, 3.05) is 19.8 Å². The first-order chi connectivity index (χ1) is 13.3. The van der Waals surface area contributed by atoms with E-state index in [1.165, 1.54) is 12.1 Å². The molecule has 0 bridgehead atoms.